The third-order valence-corrected chi connectivity index (χ3v) is 5.35. The van der Waals surface area contributed by atoms with Gasteiger partial charge in [-0.15, -0.1) is 0 Å². The second-order valence-electron chi connectivity index (χ2n) is 7.91. The maximum absolute atomic E-state index is 11.1. The van der Waals surface area contributed by atoms with Gasteiger partial charge >= 0.3 is 5.95 Å². The van der Waals surface area contributed by atoms with Crippen LogP contribution in [0.2, 0.25) is 0 Å². The SMILES string of the molecule is O=[N+]([O-])c1nccn1CC(O)CC(CNCc1ccccc1O)CNCc1ccccc1O. The zero-order chi connectivity index (χ0) is 23.6. The molecule has 2 aromatic carbocycles. The Balaban J connectivity index is 1.58. The number of aliphatic hydroxyl groups excluding tert-OH is 1. The van der Waals surface area contributed by atoms with Crippen LogP contribution in [0, 0.1) is 16.0 Å². The highest BCUT2D eigenvalue weighted by Gasteiger charge is 2.21. The van der Waals surface area contributed by atoms with E-state index in [0.29, 0.717) is 32.6 Å². The van der Waals surface area contributed by atoms with E-state index in [2.05, 4.69) is 15.6 Å². The summed E-state index contributed by atoms with van der Waals surface area (Å²) in [4.78, 5) is 14.2. The average Bonchev–Trinajstić information content (AvgIpc) is 3.24. The van der Waals surface area contributed by atoms with E-state index in [1.807, 2.05) is 24.3 Å². The van der Waals surface area contributed by atoms with E-state index in [4.69, 9.17) is 0 Å². The number of aliphatic hydroxyl groups is 1. The van der Waals surface area contributed by atoms with Crippen LogP contribution in [0.3, 0.4) is 0 Å². The van der Waals surface area contributed by atoms with Gasteiger partial charge < -0.3 is 36.1 Å². The highest BCUT2D eigenvalue weighted by Crippen LogP contribution is 2.17. The molecule has 0 radical (unpaired) electrons. The van der Waals surface area contributed by atoms with Crippen LogP contribution in [0.4, 0.5) is 5.95 Å². The van der Waals surface area contributed by atoms with Gasteiger partial charge in [-0.25, -0.2) is 4.57 Å². The number of nitro groups is 1. The molecule has 33 heavy (non-hydrogen) atoms. The van der Waals surface area contributed by atoms with Crippen molar-refractivity contribution in [3.8, 4) is 11.5 Å². The monoisotopic (exact) mass is 455 g/mol. The summed E-state index contributed by atoms with van der Waals surface area (Å²) in [5.74, 6) is 0.110. The number of benzene rings is 2. The third kappa shape index (κ3) is 7.28. The van der Waals surface area contributed by atoms with Crippen LogP contribution in [-0.4, -0.2) is 49.0 Å². The molecule has 0 aliphatic rings. The predicted molar refractivity (Wildman–Crippen MR) is 123 cm³/mol. The smallest absolute Gasteiger partial charge is 0.434 e. The number of nitrogens with one attached hydrogen (secondary N) is 2. The van der Waals surface area contributed by atoms with E-state index in [-0.39, 0.29) is 29.9 Å². The van der Waals surface area contributed by atoms with E-state index in [9.17, 15) is 25.4 Å². The molecule has 0 fully saturated rings. The molecule has 0 bridgehead atoms. The molecule has 0 aliphatic carbocycles. The number of hydrogen-bond donors (Lipinski definition) is 5. The summed E-state index contributed by atoms with van der Waals surface area (Å²) in [5.41, 5.74) is 1.54. The molecule has 1 heterocycles. The Morgan fingerprint density at radius 2 is 1.52 bits per heavy atom. The van der Waals surface area contributed by atoms with Crippen molar-refractivity contribution in [3.63, 3.8) is 0 Å². The number of phenols is 2. The number of phenolic OH excluding ortho intramolecular Hbond substituents is 2. The van der Waals surface area contributed by atoms with Gasteiger partial charge in [0.2, 0.25) is 0 Å². The van der Waals surface area contributed by atoms with E-state index in [1.54, 1.807) is 24.3 Å². The molecule has 5 N–H and O–H groups in total. The minimum atomic E-state index is -0.818. The van der Waals surface area contributed by atoms with Gasteiger partial charge in [0, 0.05) is 24.2 Å². The van der Waals surface area contributed by atoms with Crippen molar-refractivity contribution in [1.29, 1.82) is 0 Å². The van der Waals surface area contributed by atoms with Crippen LogP contribution in [0.5, 0.6) is 11.5 Å². The first kappa shape index (κ1) is 24.2. The Hall–Kier alpha value is -3.47. The largest absolute Gasteiger partial charge is 0.508 e. The zero-order valence-corrected chi connectivity index (χ0v) is 18.2. The summed E-state index contributed by atoms with van der Waals surface area (Å²) in [6, 6.07) is 14.1. The lowest BCUT2D eigenvalue weighted by Crippen LogP contribution is -2.34. The lowest BCUT2D eigenvalue weighted by molar-refractivity contribution is -0.397. The minimum Gasteiger partial charge on any atom is -0.508 e. The maximum atomic E-state index is 11.1. The van der Waals surface area contributed by atoms with Crippen molar-refractivity contribution < 1.29 is 20.2 Å². The van der Waals surface area contributed by atoms with Gasteiger partial charge in [0.05, 0.1) is 12.6 Å². The van der Waals surface area contributed by atoms with E-state index in [0.717, 1.165) is 11.1 Å². The topological polar surface area (TPSA) is 146 Å². The van der Waals surface area contributed by atoms with E-state index in [1.165, 1.54) is 17.0 Å². The fourth-order valence-electron chi connectivity index (χ4n) is 3.68. The Labute approximate surface area is 191 Å². The van der Waals surface area contributed by atoms with Crippen molar-refractivity contribution in [2.75, 3.05) is 13.1 Å². The van der Waals surface area contributed by atoms with Crippen LogP contribution in [0.15, 0.2) is 60.9 Å². The van der Waals surface area contributed by atoms with Crippen molar-refractivity contribution in [1.82, 2.24) is 20.2 Å². The zero-order valence-electron chi connectivity index (χ0n) is 18.2. The van der Waals surface area contributed by atoms with Gasteiger partial charge in [-0.3, -0.25) is 0 Å². The van der Waals surface area contributed by atoms with Gasteiger partial charge in [0.25, 0.3) is 0 Å². The van der Waals surface area contributed by atoms with Crippen LogP contribution < -0.4 is 10.6 Å². The Morgan fingerprint density at radius 3 is 2.03 bits per heavy atom. The number of nitrogens with zero attached hydrogens (tertiary/aromatic N) is 3. The summed E-state index contributed by atoms with van der Waals surface area (Å²) >= 11 is 0. The van der Waals surface area contributed by atoms with Gasteiger partial charge in [-0.1, -0.05) is 41.4 Å². The van der Waals surface area contributed by atoms with Gasteiger partial charge in [0.1, 0.15) is 23.9 Å². The van der Waals surface area contributed by atoms with E-state index < -0.39 is 11.0 Å². The van der Waals surface area contributed by atoms with Gasteiger partial charge in [0.15, 0.2) is 0 Å². The van der Waals surface area contributed by atoms with Crippen LogP contribution in [0.25, 0.3) is 0 Å². The van der Waals surface area contributed by atoms with Crippen LogP contribution in [0.1, 0.15) is 17.5 Å². The van der Waals surface area contributed by atoms with Gasteiger partial charge in [-0.05, 0) is 42.5 Å². The molecule has 1 unspecified atom stereocenters. The quantitative estimate of drug-likeness (QED) is 0.195. The van der Waals surface area contributed by atoms with E-state index >= 15 is 0 Å². The molecule has 0 saturated carbocycles. The molecule has 1 aromatic heterocycles. The molecule has 3 aromatic rings. The van der Waals surface area contributed by atoms with Crippen molar-refractivity contribution in [2.24, 2.45) is 5.92 Å². The van der Waals surface area contributed by atoms with Crippen molar-refractivity contribution in [2.45, 2.75) is 32.2 Å². The molecule has 10 heteroatoms. The summed E-state index contributed by atoms with van der Waals surface area (Å²) in [7, 11) is 0. The first-order chi connectivity index (χ1) is 15.9. The summed E-state index contributed by atoms with van der Waals surface area (Å²) in [5, 5.41) is 48.2. The molecule has 1 atom stereocenters. The molecular weight excluding hydrogens is 426 g/mol. The number of imidazole rings is 1. The average molecular weight is 456 g/mol. The molecule has 3 rings (SSSR count). The summed E-state index contributed by atoms with van der Waals surface area (Å²) in [6.45, 7) is 2.08. The normalized spacial score (nSPS) is 12.2. The van der Waals surface area contributed by atoms with Crippen molar-refractivity contribution in [3.05, 3.63) is 82.2 Å². The summed E-state index contributed by atoms with van der Waals surface area (Å²) in [6.07, 6.45) is 2.38. The Kier molecular flexibility index (Phi) is 8.76. The highest BCUT2D eigenvalue weighted by atomic mass is 16.6. The summed E-state index contributed by atoms with van der Waals surface area (Å²) < 4.78 is 1.33. The predicted octanol–water partition coefficient (Wildman–Crippen LogP) is 2.15. The third-order valence-electron chi connectivity index (χ3n) is 5.35. The first-order valence-corrected chi connectivity index (χ1v) is 10.7. The minimum absolute atomic E-state index is 0.0145. The van der Waals surface area contributed by atoms with Crippen LogP contribution >= 0.6 is 0 Å². The molecule has 176 valence electrons. The molecule has 0 saturated heterocycles. The standard InChI is InChI=1S/C23H29N5O5/c29-20(16-27-10-9-26-23(27)28(32)33)11-17(12-24-14-18-5-1-3-7-21(18)30)13-25-15-19-6-2-4-8-22(19)31/h1-10,17,20,24-25,29-31H,11-16H2. The maximum Gasteiger partial charge on any atom is 0.434 e. The Bertz CT molecular complexity index is 990. The lowest BCUT2D eigenvalue weighted by Gasteiger charge is -2.21. The Morgan fingerprint density at radius 1 is 0.970 bits per heavy atom. The highest BCUT2D eigenvalue weighted by molar-refractivity contribution is 5.32. The van der Waals surface area contributed by atoms with Crippen molar-refractivity contribution >= 4 is 5.95 Å². The number of aromatic nitrogens is 2. The molecule has 0 spiro atoms. The second kappa shape index (κ2) is 12.0. The fourth-order valence-corrected chi connectivity index (χ4v) is 3.68. The molecule has 0 aliphatic heterocycles. The van der Waals surface area contributed by atoms with Crippen LogP contribution in [-0.2, 0) is 19.6 Å². The number of hydrogen-bond acceptors (Lipinski definition) is 8. The molecule has 0 amide bonds. The number of para-hydroxylation sites is 2. The number of rotatable bonds is 13. The second-order valence-corrected chi connectivity index (χ2v) is 7.91. The lowest BCUT2D eigenvalue weighted by atomic mass is 10.0. The number of aromatic hydroxyl groups is 2. The van der Waals surface area contributed by atoms with Gasteiger partial charge in [-0.2, -0.15) is 0 Å². The fraction of sp³-hybridized carbons (Fsp3) is 0.348. The first-order valence-electron chi connectivity index (χ1n) is 10.7. The molecule has 10 nitrogen and oxygen atoms in total. The molecular formula is C23H29N5O5.